The molecule has 1 aliphatic heterocycles. The minimum Gasteiger partial charge on any atom is -0.454 e. The van der Waals surface area contributed by atoms with E-state index >= 15 is 0 Å². The Morgan fingerprint density at radius 2 is 1.96 bits per heavy atom. The van der Waals surface area contributed by atoms with Crippen LogP contribution in [0.15, 0.2) is 52.4 Å². The molecule has 0 atom stereocenters. The van der Waals surface area contributed by atoms with Crippen molar-refractivity contribution in [2.45, 2.75) is 11.8 Å². The minimum absolute atomic E-state index is 0.0242. The van der Waals surface area contributed by atoms with Crippen LogP contribution in [0.1, 0.15) is 11.1 Å². The third kappa shape index (κ3) is 4.34. The second kappa shape index (κ2) is 7.77. The number of amides is 1. The van der Waals surface area contributed by atoms with E-state index in [4.69, 9.17) is 4.74 Å². The highest BCUT2D eigenvalue weighted by atomic mass is 32.2. The van der Waals surface area contributed by atoms with Gasteiger partial charge < -0.3 is 10.1 Å². The van der Waals surface area contributed by atoms with E-state index in [0.717, 1.165) is 0 Å². The van der Waals surface area contributed by atoms with Crippen LogP contribution in [0.2, 0.25) is 0 Å². The van der Waals surface area contributed by atoms with Crippen molar-refractivity contribution >= 4 is 33.4 Å². The third-order valence-electron chi connectivity index (χ3n) is 3.79. The lowest BCUT2D eigenvalue weighted by Crippen LogP contribution is -2.25. The Hall–Kier alpha value is -3.27. The Morgan fingerprint density at radius 1 is 1.21 bits per heavy atom. The molecule has 0 aliphatic carbocycles. The van der Waals surface area contributed by atoms with Gasteiger partial charge in [0.25, 0.3) is 15.9 Å². The quantitative estimate of drug-likeness (QED) is 0.729. The van der Waals surface area contributed by atoms with Crippen molar-refractivity contribution in [3.05, 3.63) is 59.4 Å². The van der Waals surface area contributed by atoms with E-state index in [1.54, 1.807) is 31.2 Å². The molecule has 0 spiro atoms. The zero-order valence-corrected chi connectivity index (χ0v) is 15.5. The van der Waals surface area contributed by atoms with Gasteiger partial charge in [0.2, 0.25) is 0 Å². The fourth-order valence-electron chi connectivity index (χ4n) is 2.49. The number of ether oxygens (including phenoxy) is 1. The van der Waals surface area contributed by atoms with Gasteiger partial charge in [0.1, 0.15) is 18.2 Å². The van der Waals surface area contributed by atoms with Gasteiger partial charge in [-0.15, -0.1) is 0 Å². The van der Waals surface area contributed by atoms with E-state index in [2.05, 4.69) is 15.0 Å². The second-order valence-electron chi connectivity index (χ2n) is 5.96. The van der Waals surface area contributed by atoms with E-state index in [0.29, 0.717) is 11.1 Å². The number of rotatable bonds is 5. The first-order chi connectivity index (χ1) is 13.3. The van der Waals surface area contributed by atoms with Gasteiger partial charge >= 0.3 is 5.97 Å². The third-order valence-corrected chi connectivity index (χ3v) is 5.19. The van der Waals surface area contributed by atoms with Gasteiger partial charge in [-0.2, -0.15) is 0 Å². The van der Waals surface area contributed by atoms with Gasteiger partial charge in [-0.3, -0.25) is 19.3 Å². The molecule has 146 valence electrons. The number of fused-ring (bicyclic) bond motifs is 1. The Labute approximate surface area is 160 Å². The van der Waals surface area contributed by atoms with Crippen LogP contribution in [0.25, 0.3) is 0 Å². The zero-order valence-electron chi connectivity index (χ0n) is 14.7. The molecule has 0 aromatic heterocycles. The topological polar surface area (TPSA) is 114 Å². The average Bonchev–Trinajstić information content (AvgIpc) is 2.91. The fraction of sp³-hybridized carbons (Fsp3) is 0.167. The standard InChI is InChI=1S/C18H16FN3O5S/c1-11-6-7-14(13(19)8-11)21-16(23)10-27-17(24)9-20-18-12-4-2-3-5-15(12)28(25,26)22-18/h2-8H,9-10H2,1H3,(H,20,22)(H,21,23). The smallest absolute Gasteiger partial charge is 0.328 e. The van der Waals surface area contributed by atoms with Crippen molar-refractivity contribution < 1.29 is 27.1 Å². The van der Waals surface area contributed by atoms with E-state index in [9.17, 15) is 22.4 Å². The summed E-state index contributed by atoms with van der Waals surface area (Å²) in [5, 5.41) is 2.30. The largest absolute Gasteiger partial charge is 0.454 e. The van der Waals surface area contributed by atoms with Crippen molar-refractivity contribution in [3.63, 3.8) is 0 Å². The summed E-state index contributed by atoms with van der Waals surface area (Å²) in [6.45, 7) is 0.596. The number of aliphatic imine (C=N–C) groups is 1. The number of carbonyl (C=O) groups excluding carboxylic acids is 2. The number of hydrogen-bond donors (Lipinski definition) is 2. The molecule has 0 radical (unpaired) electrons. The Morgan fingerprint density at radius 3 is 2.71 bits per heavy atom. The number of aryl methyl sites for hydroxylation is 1. The molecular formula is C18H16FN3O5S. The molecule has 28 heavy (non-hydrogen) atoms. The molecule has 2 N–H and O–H groups in total. The van der Waals surface area contributed by atoms with Crippen LogP contribution in [0.5, 0.6) is 0 Å². The van der Waals surface area contributed by atoms with Gasteiger partial charge in [-0.05, 0) is 36.8 Å². The van der Waals surface area contributed by atoms with Gasteiger partial charge in [0.05, 0.1) is 10.6 Å². The second-order valence-corrected chi connectivity index (χ2v) is 7.61. The van der Waals surface area contributed by atoms with Crippen LogP contribution in [0.3, 0.4) is 0 Å². The summed E-state index contributed by atoms with van der Waals surface area (Å²) in [6, 6.07) is 10.5. The van der Waals surface area contributed by atoms with Crippen molar-refractivity contribution in [2.24, 2.45) is 4.99 Å². The van der Waals surface area contributed by atoms with E-state index in [1.165, 1.54) is 18.2 Å². The molecule has 1 amide bonds. The summed E-state index contributed by atoms with van der Waals surface area (Å²) in [7, 11) is -3.70. The number of amidine groups is 1. The lowest BCUT2D eigenvalue weighted by atomic mass is 10.2. The number of benzene rings is 2. The molecule has 1 heterocycles. The first-order valence-electron chi connectivity index (χ1n) is 8.14. The number of hydrogen-bond acceptors (Lipinski definition) is 6. The highest BCUT2D eigenvalue weighted by Gasteiger charge is 2.30. The lowest BCUT2D eigenvalue weighted by Gasteiger charge is -2.07. The maximum absolute atomic E-state index is 13.7. The lowest BCUT2D eigenvalue weighted by molar-refractivity contribution is -0.145. The normalized spacial score (nSPS) is 15.6. The summed E-state index contributed by atoms with van der Waals surface area (Å²) in [5.41, 5.74) is 1.02. The molecule has 2 aromatic rings. The van der Waals surface area contributed by atoms with Crippen LogP contribution in [-0.2, 0) is 24.3 Å². The number of halogens is 1. The molecule has 1 aliphatic rings. The molecule has 2 aromatic carbocycles. The summed E-state index contributed by atoms with van der Waals surface area (Å²) in [4.78, 5) is 27.5. The zero-order chi connectivity index (χ0) is 20.3. The van der Waals surface area contributed by atoms with Gasteiger partial charge in [0, 0.05) is 5.56 Å². The van der Waals surface area contributed by atoms with Crippen molar-refractivity contribution in [3.8, 4) is 0 Å². The van der Waals surface area contributed by atoms with Crippen molar-refractivity contribution in [2.75, 3.05) is 18.5 Å². The predicted octanol–water partition coefficient (Wildman–Crippen LogP) is 1.35. The van der Waals surface area contributed by atoms with Gasteiger partial charge in [-0.25, -0.2) is 12.8 Å². The first kappa shape index (κ1) is 19.5. The number of carbonyl (C=O) groups is 2. The number of nitrogens with zero attached hydrogens (tertiary/aromatic N) is 1. The van der Waals surface area contributed by atoms with Crippen molar-refractivity contribution in [1.29, 1.82) is 0 Å². The van der Waals surface area contributed by atoms with Crippen molar-refractivity contribution in [1.82, 2.24) is 4.72 Å². The first-order valence-corrected chi connectivity index (χ1v) is 9.63. The number of nitrogens with one attached hydrogen (secondary N) is 2. The highest BCUT2D eigenvalue weighted by Crippen LogP contribution is 2.22. The van der Waals surface area contributed by atoms with Crippen LogP contribution >= 0.6 is 0 Å². The van der Waals surface area contributed by atoms with Crippen LogP contribution in [-0.4, -0.2) is 39.3 Å². The minimum atomic E-state index is -3.70. The molecule has 0 fully saturated rings. The molecular weight excluding hydrogens is 389 g/mol. The van der Waals surface area contributed by atoms with Crippen LogP contribution in [0, 0.1) is 12.7 Å². The van der Waals surface area contributed by atoms with Gasteiger partial charge in [0.15, 0.2) is 6.61 Å². The predicted molar refractivity (Wildman–Crippen MR) is 98.9 cm³/mol. The molecule has 0 saturated carbocycles. The molecule has 8 nitrogen and oxygen atoms in total. The Balaban J connectivity index is 1.55. The van der Waals surface area contributed by atoms with E-state index in [1.807, 2.05) is 0 Å². The number of esters is 1. The number of anilines is 1. The SMILES string of the molecule is Cc1ccc(NC(=O)COC(=O)CN=C2NS(=O)(=O)c3ccccc32)c(F)c1. The highest BCUT2D eigenvalue weighted by molar-refractivity contribution is 7.90. The summed E-state index contributed by atoms with van der Waals surface area (Å²) in [5.74, 6) is -2.12. The molecule has 0 saturated heterocycles. The fourth-order valence-corrected chi connectivity index (χ4v) is 3.75. The average molecular weight is 405 g/mol. The summed E-state index contributed by atoms with van der Waals surface area (Å²) < 4.78 is 44.6. The monoisotopic (exact) mass is 405 g/mol. The maximum atomic E-state index is 13.7. The summed E-state index contributed by atoms with van der Waals surface area (Å²) >= 11 is 0. The van der Waals surface area contributed by atoms with Crippen LogP contribution in [0.4, 0.5) is 10.1 Å². The molecule has 0 bridgehead atoms. The van der Waals surface area contributed by atoms with Gasteiger partial charge in [-0.1, -0.05) is 18.2 Å². The Kier molecular flexibility index (Phi) is 5.41. The Bertz CT molecular complexity index is 1080. The molecule has 10 heteroatoms. The maximum Gasteiger partial charge on any atom is 0.328 e. The van der Waals surface area contributed by atoms with Crippen LogP contribution < -0.4 is 10.0 Å². The van der Waals surface area contributed by atoms with E-state index in [-0.39, 0.29) is 16.4 Å². The van der Waals surface area contributed by atoms with E-state index < -0.39 is 40.9 Å². The molecule has 0 unspecified atom stereocenters. The number of sulfonamides is 1. The molecule has 3 rings (SSSR count). The summed E-state index contributed by atoms with van der Waals surface area (Å²) in [6.07, 6.45) is 0.